The molecule has 9 nitrogen and oxygen atoms in total. The highest BCUT2D eigenvalue weighted by molar-refractivity contribution is 7.46. The topological polar surface area (TPSA) is 143 Å². The van der Waals surface area contributed by atoms with Gasteiger partial charge in [0.05, 0.1) is 19.3 Å². The zero-order chi connectivity index (χ0) is 38.7. The van der Waals surface area contributed by atoms with Gasteiger partial charge in [0.15, 0.2) is 6.10 Å². The Balaban J connectivity index is 3.97. The molecule has 0 radical (unpaired) electrons. The van der Waals surface area contributed by atoms with Crippen molar-refractivity contribution < 1.29 is 43.4 Å². The molecule has 0 saturated carbocycles. The van der Waals surface area contributed by atoms with Crippen molar-refractivity contribution in [2.75, 3.05) is 19.8 Å². The lowest BCUT2D eigenvalue weighted by Crippen LogP contribution is -2.39. The average molecular weight is 765 g/mol. The van der Waals surface area contributed by atoms with Crippen LogP contribution in [-0.4, -0.2) is 64.1 Å². The van der Waals surface area contributed by atoms with Gasteiger partial charge in [0, 0.05) is 6.61 Å². The Morgan fingerprint density at radius 2 is 0.827 bits per heavy atom. The van der Waals surface area contributed by atoms with Gasteiger partial charge < -0.3 is 29.5 Å². The summed E-state index contributed by atoms with van der Waals surface area (Å²) in [6, 6.07) is 0. The molecule has 0 aromatic carbocycles. The number of rotatable bonds is 40. The van der Waals surface area contributed by atoms with Gasteiger partial charge >= 0.3 is 13.8 Å². The summed E-state index contributed by atoms with van der Waals surface area (Å²) in [5, 5.41) is 20.7. The Kier molecular flexibility index (Phi) is 35.7. The predicted molar refractivity (Wildman–Crippen MR) is 214 cm³/mol. The molecule has 0 rings (SSSR count). The molecule has 0 aliphatic carbocycles. The second kappa shape index (κ2) is 36.1. The molecule has 52 heavy (non-hydrogen) atoms. The standard InChI is InChI=1S/C42H85O9P/c1-37(2)31-27-23-19-15-11-7-5-9-13-17-21-25-29-33-40(43)41(44)42(45)51-39(36-50-52(46,47)48)35-49-34-30-26-22-18-14-10-6-8-12-16-20-24-28-32-38(3)4/h37-41,43-44H,5-36H2,1-4H3,(H2,46,47,48). The van der Waals surface area contributed by atoms with E-state index in [1.807, 2.05) is 0 Å². The van der Waals surface area contributed by atoms with Gasteiger partial charge in [-0.3, -0.25) is 4.52 Å². The van der Waals surface area contributed by atoms with Crippen LogP contribution in [0.15, 0.2) is 0 Å². The molecule has 0 saturated heterocycles. The van der Waals surface area contributed by atoms with E-state index in [1.54, 1.807) is 0 Å². The number of hydrogen-bond donors (Lipinski definition) is 4. The van der Waals surface area contributed by atoms with Crippen molar-refractivity contribution in [3.05, 3.63) is 0 Å². The van der Waals surface area contributed by atoms with Gasteiger partial charge in [0.2, 0.25) is 0 Å². The Labute approximate surface area is 320 Å². The van der Waals surface area contributed by atoms with Gasteiger partial charge in [-0.2, -0.15) is 0 Å². The van der Waals surface area contributed by atoms with Crippen LogP contribution in [0.3, 0.4) is 0 Å². The molecule has 0 aliphatic rings. The maximum absolute atomic E-state index is 12.5. The maximum Gasteiger partial charge on any atom is 0.469 e. The quantitative estimate of drug-likeness (QED) is 0.0272. The van der Waals surface area contributed by atoms with Crippen LogP contribution in [-0.2, 0) is 23.4 Å². The van der Waals surface area contributed by atoms with Crippen LogP contribution in [0.5, 0.6) is 0 Å². The normalized spacial score (nSPS) is 14.0. The summed E-state index contributed by atoms with van der Waals surface area (Å²) in [5.74, 6) is 0.594. The second-order valence-corrected chi connectivity index (χ2v) is 17.5. The highest BCUT2D eigenvalue weighted by Crippen LogP contribution is 2.36. The van der Waals surface area contributed by atoms with E-state index < -0.39 is 38.7 Å². The molecule has 3 unspecified atom stereocenters. The lowest BCUT2D eigenvalue weighted by atomic mass is 10.0. The minimum Gasteiger partial charge on any atom is -0.455 e. The minimum atomic E-state index is -4.79. The van der Waals surface area contributed by atoms with Crippen LogP contribution < -0.4 is 0 Å². The molecule has 3 atom stereocenters. The number of ether oxygens (including phenoxy) is 2. The number of hydrogen-bond acceptors (Lipinski definition) is 7. The number of phosphoric ester groups is 1. The largest absolute Gasteiger partial charge is 0.469 e. The van der Waals surface area contributed by atoms with Gasteiger partial charge in [-0.1, -0.05) is 201 Å². The first-order chi connectivity index (χ1) is 24.9. The molecule has 0 amide bonds. The smallest absolute Gasteiger partial charge is 0.455 e. The third kappa shape index (κ3) is 37.8. The SMILES string of the molecule is CC(C)CCCCCCCCCCCCCCCOCC(COP(=O)(O)O)OC(=O)C(O)C(O)CCCCCCCCCCCCCCCC(C)C. The van der Waals surface area contributed by atoms with E-state index >= 15 is 0 Å². The summed E-state index contributed by atoms with van der Waals surface area (Å²) < 4.78 is 26.7. The monoisotopic (exact) mass is 765 g/mol. The van der Waals surface area contributed by atoms with Crippen molar-refractivity contribution in [1.29, 1.82) is 0 Å². The summed E-state index contributed by atoms with van der Waals surface area (Å²) in [4.78, 5) is 30.8. The molecule has 0 bridgehead atoms. The third-order valence-electron chi connectivity index (χ3n) is 9.97. The van der Waals surface area contributed by atoms with Crippen LogP contribution in [0.4, 0.5) is 0 Å². The van der Waals surface area contributed by atoms with E-state index in [2.05, 4.69) is 32.2 Å². The van der Waals surface area contributed by atoms with Crippen LogP contribution in [0.1, 0.15) is 214 Å². The van der Waals surface area contributed by atoms with E-state index in [0.717, 1.165) is 50.4 Å². The number of carbonyl (C=O) groups excluding carboxylic acids is 1. The van der Waals surface area contributed by atoms with E-state index in [9.17, 15) is 19.6 Å². The van der Waals surface area contributed by atoms with Gasteiger partial charge in [-0.15, -0.1) is 0 Å². The fourth-order valence-corrected chi connectivity index (χ4v) is 6.97. The first kappa shape index (κ1) is 51.5. The van der Waals surface area contributed by atoms with Crippen molar-refractivity contribution >= 4 is 13.8 Å². The maximum atomic E-state index is 12.5. The number of aliphatic hydroxyl groups is 2. The zero-order valence-electron chi connectivity index (χ0n) is 34.3. The van der Waals surface area contributed by atoms with E-state index in [-0.39, 0.29) is 13.0 Å². The van der Waals surface area contributed by atoms with Crippen molar-refractivity contribution in [3.63, 3.8) is 0 Å². The zero-order valence-corrected chi connectivity index (χ0v) is 35.2. The molecule has 0 aromatic rings. The number of esters is 1. The predicted octanol–water partition coefficient (Wildman–Crippen LogP) is 11.4. The van der Waals surface area contributed by atoms with Gasteiger partial charge in [-0.25, -0.2) is 9.36 Å². The minimum absolute atomic E-state index is 0.120. The Bertz CT molecular complexity index is 819. The van der Waals surface area contributed by atoms with Crippen molar-refractivity contribution in [2.24, 2.45) is 11.8 Å². The molecule has 0 fully saturated rings. The third-order valence-corrected chi connectivity index (χ3v) is 10.5. The summed E-state index contributed by atoms with van der Waals surface area (Å²) in [7, 11) is -4.79. The summed E-state index contributed by atoms with van der Waals surface area (Å²) >= 11 is 0. The van der Waals surface area contributed by atoms with Crippen molar-refractivity contribution in [2.45, 2.75) is 232 Å². The molecule has 0 aromatic heterocycles. The van der Waals surface area contributed by atoms with Gasteiger partial charge in [0.1, 0.15) is 6.10 Å². The van der Waals surface area contributed by atoms with Crippen LogP contribution >= 0.6 is 7.82 Å². The lowest BCUT2D eigenvalue weighted by Gasteiger charge is -2.22. The highest BCUT2D eigenvalue weighted by atomic mass is 31.2. The van der Waals surface area contributed by atoms with Crippen LogP contribution in [0, 0.1) is 11.8 Å². The molecule has 0 spiro atoms. The number of unbranched alkanes of at least 4 members (excludes halogenated alkanes) is 24. The lowest BCUT2D eigenvalue weighted by molar-refractivity contribution is -0.170. The number of aliphatic hydroxyl groups excluding tert-OH is 2. The Hall–Kier alpha value is -0.540. The van der Waals surface area contributed by atoms with Crippen LogP contribution in [0.2, 0.25) is 0 Å². The van der Waals surface area contributed by atoms with Crippen LogP contribution in [0.25, 0.3) is 0 Å². The highest BCUT2D eigenvalue weighted by Gasteiger charge is 2.29. The fraction of sp³-hybridized carbons (Fsp3) is 0.976. The van der Waals surface area contributed by atoms with Gasteiger partial charge in [0.25, 0.3) is 0 Å². The fourth-order valence-electron chi connectivity index (χ4n) is 6.61. The molecular weight excluding hydrogens is 679 g/mol. The van der Waals surface area contributed by atoms with Gasteiger partial charge in [-0.05, 0) is 24.7 Å². The number of phosphoric acid groups is 1. The van der Waals surface area contributed by atoms with E-state index in [1.165, 1.54) is 135 Å². The second-order valence-electron chi connectivity index (χ2n) is 16.3. The number of carbonyl (C=O) groups is 1. The summed E-state index contributed by atoms with van der Waals surface area (Å²) in [6.45, 7) is 8.91. The van der Waals surface area contributed by atoms with Crippen molar-refractivity contribution in [1.82, 2.24) is 0 Å². The van der Waals surface area contributed by atoms with E-state index in [4.69, 9.17) is 19.3 Å². The molecular formula is C42H85O9P. The summed E-state index contributed by atoms with van der Waals surface area (Å²) in [6.07, 6.45) is 30.8. The molecule has 4 N–H and O–H groups in total. The first-order valence-corrected chi connectivity index (χ1v) is 23.3. The molecule has 312 valence electrons. The summed E-state index contributed by atoms with van der Waals surface area (Å²) in [5.41, 5.74) is 0. The Morgan fingerprint density at radius 1 is 0.500 bits per heavy atom. The molecule has 0 aliphatic heterocycles. The van der Waals surface area contributed by atoms with Crippen molar-refractivity contribution in [3.8, 4) is 0 Å². The first-order valence-electron chi connectivity index (χ1n) is 21.8. The average Bonchev–Trinajstić information content (AvgIpc) is 3.08. The van der Waals surface area contributed by atoms with E-state index in [0.29, 0.717) is 13.0 Å². The molecule has 0 heterocycles. The Morgan fingerprint density at radius 3 is 1.17 bits per heavy atom. The molecule has 10 heteroatoms.